The number of hydrogen-bond acceptors (Lipinski definition) is 4. The second-order valence-electron chi connectivity index (χ2n) is 8.59. The topological polar surface area (TPSA) is 44.8 Å². The van der Waals surface area contributed by atoms with Crippen molar-refractivity contribution in [3.63, 3.8) is 0 Å². The Kier molecular flexibility index (Phi) is 6.97. The van der Waals surface area contributed by atoms with Gasteiger partial charge in [-0.05, 0) is 60.4 Å². The predicted octanol–water partition coefficient (Wildman–Crippen LogP) is 4.56. The molecule has 1 aromatic carbocycles. The minimum Gasteiger partial charge on any atom is -0.496 e. The van der Waals surface area contributed by atoms with Gasteiger partial charge in [0.25, 0.3) is 5.91 Å². The number of methoxy groups -OCH3 is 1. The number of carbonyl (C=O) groups is 1. The van der Waals surface area contributed by atoms with Crippen molar-refractivity contribution in [2.24, 2.45) is 0 Å². The lowest BCUT2D eigenvalue weighted by molar-refractivity contribution is -0.134. The van der Waals surface area contributed by atoms with Crippen LogP contribution in [0.25, 0.3) is 5.57 Å². The van der Waals surface area contributed by atoms with E-state index in [2.05, 4.69) is 17.1 Å². The van der Waals surface area contributed by atoms with Crippen molar-refractivity contribution in [1.29, 1.82) is 0 Å². The Morgan fingerprint density at radius 1 is 1.18 bits per heavy atom. The van der Waals surface area contributed by atoms with Crippen LogP contribution in [-0.2, 0) is 11.2 Å². The van der Waals surface area contributed by atoms with Crippen LogP contribution in [0.1, 0.15) is 24.5 Å². The number of hydrogen-bond donors (Lipinski definition) is 1. The summed E-state index contributed by atoms with van der Waals surface area (Å²) < 4.78 is 43.6. The largest absolute Gasteiger partial charge is 0.496 e. The Balaban J connectivity index is 1.61. The quantitative estimate of drug-likeness (QED) is 0.684. The summed E-state index contributed by atoms with van der Waals surface area (Å²) in [7, 11) is 1.43. The van der Waals surface area contributed by atoms with Gasteiger partial charge in [-0.3, -0.25) is 9.69 Å². The van der Waals surface area contributed by atoms with E-state index in [1.807, 2.05) is 30.5 Å². The van der Waals surface area contributed by atoms with Gasteiger partial charge in [0.1, 0.15) is 5.75 Å². The number of alkyl halides is 3. The van der Waals surface area contributed by atoms with Crippen LogP contribution < -0.4 is 10.1 Å². The third-order valence-electron chi connectivity index (χ3n) is 6.05. The number of carbonyl (C=O) groups excluding carboxylic acids is 1. The number of aryl methyl sites for hydroxylation is 1. The van der Waals surface area contributed by atoms with Crippen LogP contribution >= 0.6 is 0 Å². The first-order chi connectivity index (χ1) is 16.2. The van der Waals surface area contributed by atoms with Crippen LogP contribution in [0.4, 0.5) is 13.2 Å². The normalized spacial score (nSPS) is 24.8. The Labute approximate surface area is 197 Å². The molecule has 1 N–H and O–H groups in total. The summed E-state index contributed by atoms with van der Waals surface area (Å²) in [5.74, 6) is 0.180. The Morgan fingerprint density at radius 3 is 2.71 bits per heavy atom. The molecule has 0 unspecified atom stereocenters. The molecule has 0 aromatic heterocycles. The first-order valence-corrected chi connectivity index (χ1v) is 11.3. The summed E-state index contributed by atoms with van der Waals surface area (Å²) >= 11 is 0. The first kappa shape index (κ1) is 23.9. The second kappa shape index (κ2) is 9.93. The monoisotopic (exact) mass is 471 g/mol. The second-order valence-corrected chi connectivity index (χ2v) is 8.59. The summed E-state index contributed by atoms with van der Waals surface area (Å²) in [4.78, 5) is 17.1. The zero-order valence-electron chi connectivity index (χ0n) is 19.2. The maximum Gasteiger partial charge on any atom is 0.389 e. The highest BCUT2D eigenvalue weighted by atomic mass is 19.4. The molecule has 3 aliphatic heterocycles. The van der Waals surface area contributed by atoms with E-state index in [1.54, 1.807) is 29.2 Å². The van der Waals surface area contributed by atoms with Crippen molar-refractivity contribution >= 4 is 11.5 Å². The zero-order valence-corrected chi connectivity index (χ0v) is 19.2. The van der Waals surface area contributed by atoms with Crippen LogP contribution in [-0.4, -0.2) is 54.7 Å². The summed E-state index contributed by atoms with van der Waals surface area (Å²) in [5.41, 5.74) is 3.46. The van der Waals surface area contributed by atoms with Crippen molar-refractivity contribution in [3.8, 4) is 5.75 Å². The summed E-state index contributed by atoms with van der Waals surface area (Å²) in [5, 5.41) is 3.41. The highest BCUT2D eigenvalue weighted by Crippen LogP contribution is 2.31. The Morgan fingerprint density at radius 2 is 1.97 bits per heavy atom. The zero-order chi connectivity index (χ0) is 24.3. The van der Waals surface area contributed by atoms with E-state index >= 15 is 0 Å². The highest BCUT2D eigenvalue weighted by Gasteiger charge is 2.27. The number of piperazine rings is 1. The van der Waals surface area contributed by atoms with Gasteiger partial charge in [-0.1, -0.05) is 18.2 Å². The lowest BCUT2D eigenvalue weighted by atomic mass is 9.98. The fraction of sp³-hybridized carbons (Fsp3) is 0.346. The van der Waals surface area contributed by atoms with Gasteiger partial charge in [0.2, 0.25) is 0 Å². The highest BCUT2D eigenvalue weighted by molar-refractivity contribution is 6.00. The fourth-order valence-electron chi connectivity index (χ4n) is 4.29. The molecule has 4 rings (SSSR count). The van der Waals surface area contributed by atoms with Crippen LogP contribution in [0.5, 0.6) is 5.75 Å². The number of halogens is 3. The minimum atomic E-state index is -4.26. The molecule has 1 aromatic rings. The maximum absolute atomic E-state index is 13.2. The standard InChI is InChI=1S/C26H28F3N3O2/c1-18-16-31(13-12-30-18)23-8-7-22-5-3-4-19(15-25(33)32(22)17-23)20-6-9-24(34-2)21(14-20)10-11-26(27,28)29/h3-9,14-15,17-18,30H,10-13,16H2,1-2H3/b4-3+,19-15+,22-5+/t18-/m0/s1. The van der Waals surface area contributed by atoms with Gasteiger partial charge in [-0.2, -0.15) is 13.2 Å². The lowest BCUT2D eigenvalue weighted by Crippen LogP contribution is -2.48. The molecule has 5 nitrogen and oxygen atoms in total. The van der Waals surface area contributed by atoms with Gasteiger partial charge in [-0.15, -0.1) is 0 Å². The first-order valence-electron chi connectivity index (χ1n) is 11.3. The van der Waals surface area contributed by atoms with Crippen LogP contribution in [0.3, 0.4) is 0 Å². The maximum atomic E-state index is 13.2. The van der Waals surface area contributed by atoms with Crippen molar-refractivity contribution in [1.82, 2.24) is 15.1 Å². The van der Waals surface area contributed by atoms with Gasteiger partial charge in [0.05, 0.1) is 12.8 Å². The minimum absolute atomic E-state index is 0.193. The molecule has 1 atom stereocenters. The molecule has 1 saturated heterocycles. The number of benzene rings is 1. The molecule has 34 heavy (non-hydrogen) atoms. The molecular formula is C26H28F3N3O2. The molecule has 0 radical (unpaired) electrons. The molecule has 1 amide bonds. The number of allylic oxidation sites excluding steroid dienone is 6. The molecule has 0 bridgehead atoms. The molecule has 180 valence electrons. The smallest absolute Gasteiger partial charge is 0.389 e. The van der Waals surface area contributed by atoms with Gasteiger partial charge in [0.15, 0.2) is 0 Å². The Hall–Kier alpha value is -3.26. The van der Waals surface area contributed by atoms with Crippen molar-refractivity contribution in [2.45, 2.75) is 32.0 Å². The number of ether oxygens (including phenoxy) is 1. The average molecular weight is 472 g/mol. The van der Waals surface area contributed by atoms with Crippen molar-refractivity contribution in [2.75, 3.05) is 26.7 Å². The molecule has 0 aliphatic carbocycles. The van der Waals surface area contributed by atoms with E-state index in [0.29, 0.717) is 28.5 Å². The number of fused-ring (bicyclic) bond motifs is 1. The van der Waals surface area contributed by atoms with Gasteiger partial charge in [-0.25, -0.2) is 0 Å². The third kappa shape index (κ3) is 5.62. The average Bonchev–Trinajstić information content (AvgIpc) is 2.80. The van der Waals surface area contributed by atoms with Gasteiger partial charge < -0.3 is 15.0 Å². The number of amides is 1. The summed E-state index contributed by atoms with van der Waals surface area (Å²) in [6.45, 7) is 4.72. The van der Waals surface area contributed by atoms with Crippen LogP contribution in [0.15, 0.2) is 72.2 Å². The van der Waals surface area contributed by atoms with Gasteiger partial charge in [0, 0.05) is 50.1 Å². The molecule has 3 heterocycles. The van der Waals surface area contributed by atoms with Crippen LogP contribution in [0, 0.1) is 0 Å². The van der Waals surface area contributed by atoms with E-state index in [1.165, 1.54) is 13.2 Å². The summed E-state index contributed by atoms with van der Waals surface area (Å²) in [6, 6.07) is 5.43. The van der Waals surface area contributed by atoms with E-state index in [-0.39, 0.29) is 12.3 Å². The van der Waals surface area contributed by atoms with E-state index in [0.717, 1.165) is 31.0 Å². The van der Waals surface area contributed by atoms with E-state index in [4.69, 9.17) is 4.74 Å². The molecule has 0 spiro atoms. The number of nitrogens with zero attached hydrogens (tertiary/aromatic N) is 2. The SMILES string of the molecule is COc1ccc(C2=C\C(=O)N3C=C(N4CCN[C@@H](C)C4)C=C\C3=C/C=C/2)cc1CCC(F)(F)F. The predicted molar refractivity (Wildman–Crippen MR) is 126 cm³/mol. The van der Waals surface area contributed by atoms with Gasteiger partial charge >= 0.3 is 6.18 Å². The molecule has 1 fully saturated rings. The number of nitrogens with one attached hydrogen (secondary N) is 1. The number of rotatable bonds is 5. The Bertz CT molecular complexity index is 1100. The molecule has 0 saturated carbocycles. The lowest BCUT2D eigenvalue weighted by Gasteiger charge is -2.36. The van der Waals surface area contributed by atoms with Crippen molar-refractivity contribution in [3.05, 3.63) is 83.4 Å². The van der Waals surface area contributed by atoms with Crippen LogP contribution in [0.2, 0.25) is 0 Å². The molecule has 8 heteroatoms. The van der Waals surface area contributed by atoms with E-state index < -0.39 is 12.6 Å². The van der Waals surface area contributed by atoms with E-state index in [9.17, 15) is 18.0 Å². The third-order valence-corrected chi connectivity index (χ3v) is 6.05. The fourth-order valence-corrected chi connectivity index (χ4v) is 4.29. The van der Waals surface area contributed by atoms with Crippen molar-refractivity contribution < 1.29 is 22.7 Å². The molecular weight excluding hydrogens is 443 g/mol. The molecule has 3 aliphatic rings. The summed E-state index contributed by atoms with van der Waals surface area (Å²) in [6.07, 6.45) is 7.41.